The smallest absolute Gasteiger partial charge is 0.272 e. The highest BCUT2D eigenvalue weighted by molar-refractivity contribution is 6.39. The predicted molar refractivity (Wildman–Crippen MR) is 83.3 cm³/mol. The number of nitrogens with zero attached hydrogens (tertiary/aromatic N) is 3. The molecule has 6 heteroatoms. The molecular formula is C15H19B2N3O. The van der Waals surface area contributed by atoms with Gasteiger partial charge < -0.3 is 9.80 Å². The molecule has 1 amide bonds. The van der Waals surface area contributed by atoms with E-state index in [-0.39, 0.29) is 5.91 Å². The third-order valence-electron chi connectivity index (χ3n) is 4.38. The van der Waals surface area contributed by atoms with E-state index in [0.717, 1.165) is 25.9 Å². The molecule has 3 rings (SSSR count). The Kier molecular flexibility index (Phi) is 3.60. The summed E-state index contributed by atoms with van der Waals surface area (Å²) in [6.07, 6.45) is 2.15. The molecule has 1 saturated heterocycles. The maximum atomic E-state index is 12.4. The van der Waals surface area contributed by atoms with Crippen molar-refractivity contribution in [2.75, 3.05) is 20.1 Å². The number of hydrogen-bond acceptors (Lipinski definition) is 3. The number of amides is 1. The van der Waals surface area contributed by atoms with Crippen LogP contribution in [0.2, 0.25) is 0 Å². The van der Waals surface area contributed by atoms with Gasteiger partial charge in [0, 0.05) is 31.9 Å². The van der Waals surface area contributed by atoms with Crippen molar-refractivity contribution in [1.29, 1.82) is 0 Å². The molecule has 0 atom stereocenters. The summed E-state index contributed by atoms with van der Waals surface area (Å²) >= 11 is 0. The Labute approximate surface area is 128 Å². The average molecular weight is 279 g/mol. The molecule has 0 spiro atoms. The molecule has 2 fully saturated rings. The summed E-state index contributed by atoms with van der Waals surface area (Å²) in [6.45, 7) is 3.87. The lowest BCUT2D eigenvalue weighted by atomic mass is 9.57. The van der Waals surface area contributed by atoms with Gasteiger partial charge in [0.2, 0.25) is 0 Å². The second-order valence-electron chi connectivity index (χ2n) is 6.39. The molecule has 0 unspecified atom stereocenters. The summed E-state index contributed by atoms with van der Waals surface area (Å²) in [5.74, 6) is 0.536. The average Bonchev–Trinajstić information content (AvgIpc) is 3.27. The maximum absolute atomic E-state index is 12.4. The number of carbonyl (C=O) groups is 1. The zero-order valence-corrected chi connectivity index (χ0v) is 12.6. The highest BCUT2D eigenvalue weighted by Gasteiger charge is 2.37. The van der Waals surface area contributed by atoms with Crippen LogP contribution in [0.4, 0.5) is 0 Å². The first-order valence-corrected chi connectivity index (χ1v) is 7.47. The number of pyridine rings is 1. The molecule has 4 nitrogen and oxygen atoms in total. The van der Waals surface area contributed by atoms with E-state index >= 15 is 0 Å². The van der Waals surface area contributed by atoms with E-state index in [1.807, 2.05) is 11.9 Å². The molecule has 0 N–H and O–H groups in total. The third kappa shape index (κ3) is 2.73. The van der Waals surface area contributed by atoms with E-state index in [0.29, 0.717) is 23.3 Å². The van der Waals surface area contributed by atoms with Crippen molar-refractivity contribution in [3.05, 3.63) is 29.6 Å². The van der Waals surface area contributed by atoms with Gasteiger partial charge in [0.15, 0.2) is 0 Å². The molecule has 1 saturated carbocycles. The Hall–Kier alpha value is -1.29. The minimum Gasteiger partial charge on any atom is -0.337 e. The summed E-state index contributed by atoms with van der Waals surface area (Å²) in [4.78, 5) is 20.5. The van der Waals surface area contributed by atoms with Gasteiger partial charge in [0.05, 0.1) is 15.7 Å². The lowest BCUT2D eigenvalue weighted by molar-refractivity contribution is 0.0733. The van der Waals surface area contributed by atoms with Gasteiger partial charge in [-0.3, -0.25) is 4.79 Å². The lowest BCUT2D eigenvalue weighted by Crippen LogP contribution is -2.58. The Morgan fingerprint density at radius 2 is 2.05 bits per heavy atom. The zero-order chi connectivity index (χ0) is 15.2. The molecule has 21 heavy (non-hydrogen) atoms. The minimum atomic E-state index is -1.11. The fraction of sp³-hybridized carbons (Fsp3) is 0.600. The van der Waals surface area contributed by atoms with Gasteiger partial charge in [0.25, 0.3) is 5.91 Å². The van der Waals surface area contributed by atoms with Crippen LogP contribution in [0.5, 0.6) is 0 Å². The van der Waals surface area contributed by atoms with Gasteiger partial charge >= 0.3 is 0 Å². The van der Waals surface area contributed by atoms with Gasteiger partial charge in [-0.05, 0) is 36.2 Å². The molecule has 1 aromatic rings. The summed E-state index contributed by atoms with van der Waals surface area (Å²) in [6, 6.07) is 5.67. The Balaban J connectivity index is 1.80. The first-order chi connectivity index (χ1) is 9.89. The van der Waals surface area contributed by atoms with Crippen molar-refractivity contribution < 1.29 is 4.79 Å². The Bertz CT molecular complexity index is 554. The van der Waals surface area contributed by atoms with Crippen molar-refractivity contribution in [3.8, 4) is 0 Å². The largest absolute Gasteiger partial charge is 0.337 e. The minimum absolute atomic E-state index is 0.0628. The van der Waals surface area contributed by atoms with Crippen molar-refractivity contribution in [3.63, 3.8) is 0 Å². The van der Waals surface area contributed by atoms with Crippen LogP contribution in [0.1, 0.15) is 35.9 Å². The van der Waals surface area contributed by atoms with E-state index in [2.05, 4.69) is 11.9 Å². The van der Waals surface area contributed by atoms with Crippen molar-refractivity contribution in [1.82, 2.24) is 14.8 Å². The fourth-order valence-corrected chi connectivity index (χ4v) is 2.75. The van der Waals surface area contributed by atoms with E-state index in [1.54, 1.807) is 23.1 Å². The number of likely N-dealkylation sites (tertiary alicyclic amines) is 1. The molecule has 2 heterocycles. The van der Waals surface area contributed by atoms with Gasteiger partial charge in [-0.25, -0.2) is 4.98 Å². The Morgan fingerprint density at radius 3 is 2.62 bits per heavy atom. The highest BCUT2D eigenvalue weighted by Crippen LogP contribution is 2.29. The van der Waals surface area contributed by atoms with Crippen LogP contribution < -0.4 is 0 Å². The van der Waals surface area contributed by atoms with Gasteiger partial charge in [-0.2, -0.15) is 0 Å². The standard InChI is InChI=1S/C15H19B2N3O/c1-10-8-20(9-10)15(16,17)13-5-3-4-12(18-13)14(21)19(2)11-6-7-11/h3-5,10-11H,6-9H2,1-2H3. The quantitative estimate of drug-likeness (QED) is 0.762. The molecule has 4 radical (unpaired) electrons. The van der Waals surface area contributed by atoms with Crippen LogP contribution in [-0.2, 0) is 5.34 Å². The molecule has 1 aliphatic carbocycles. The van der Waals surface area contributed by atoms with E-state index in [9.17, 15) is 4.79 Å². The van der Waals surface area contributed by atoms with Crippen LogP contribution in [0.15, 0.2) is 18.2 Å². The number of rotatable bonds is 4. The predicted octanol–water partition coefficient (Wildman–Crippen LogP) is 0.715. The van der Waals surface area contributed by atoms with Gasteiger partial charge in [0.1, 0.15) is 5.69 Å². The second kappa shape index (κ2) is 5.16. The van der Waals surface area contributed by atoms with Gasteiger partial charge in [-0.1, -0.05) is 13.0 Å². The molecule has 1 aromatic heterocycles. The number of carbonyl (C=O) groups excluding carboxylic acids is 1. The normalized spacial score (nSPS) is 20.1. The SMILES string of the molecule is [B]C([B])(c1cccc(C(=O)N(C)C2CC2)n1)N1CC(C)C1. The van der Waals surface area contributed by atoms with Crippen LogP contribution in [0.25, 0.3) is 0 Å². The number of hydrogen-bond donors (Lipinski definition) is 0. The van der Waals surface area contributed by atoms with E-state index in [1.165, 1.54) is 0 Å². The van der Waals surface area contributed by atoms with Crippen LogP contribution in [0, 0.1) is 5.92 Å². The lowest BCUT2D eigenvalue weighted by Gasteiger charge is -2.49. The molecule has 2 aliphatic rings. The van der Waals surface area contributed by atoms with E-state index in [4.69, 9.17) is 15.7 Å². The second-order valence-corrected chi connectivity index (χ2v) is 6.39. The zero-order valence-electron chi connectivity index (χ0n) is 12.6. The van der Waals surface area contributed by atoms with Crippen molar-refractivity contribution >= 4 is 21.6 Å². The molecule has 0 bridgehead atoms. The topological polar surface area (TPSA) is 36.4 Å². The molecule has 0 aromatic carbocycles. The third-order valence-corrected chi connectivity index (χ3v) is 4.38. The first kappa shape index (κ1) is 14.6. The summed E-state index contributed by atoms with van der Waals surface area (Å²) in [5.41, 5.74) is 0.959. The Morgan fingerprint density at radius 1 is 1.38 bits per heavy atom. The fourth-order valence-electron chi connectivity index (χ4n) is 2.75. The van der Waals surface area contributed by atoms with Crippen molar-refractivity contribution in [2.24, 2.45) is 5.92 Å². The van der Waals surface area contributed by atoms with Crippen molar-refractivity contribution in [2.45, 2.75) is 31.1 Å². The summed E-state index contributed by atoms with van der Waals surface area (Å²) in [7, 11) is 14.3. The molecular weight excluding hydrogens is 260 g/mol. The van der Waals surface area contributed by atoms with Crippen LogP contribution in [0.3, 0.4) is 0 Å². The highest BCUT2D eigenvalue weighted by atomic mass is 16.2. The summed E-state index contributed by atoms with van der Waals surface area (Å²) < 4.78 is 0. The molecule has 106 valence electrons. The van der Waals surface area contributed by atoms with Crippen LogP contribution >= 0.6 is 0 Å². The number of aromatic nitrogens is 1. The monoisotopic (exact) mass is 279 g/mol. The van der Waals surface area contributed by atoms with E-state index < -0.39 is 5.34 Å². The summed E-state index contributed by atoms with van der Waals surface area (Å²) in [5, 5.41) is -1.11. The maximum Gasteiger partial charge on any atom is 0.272 e. The van der Waals surface area contributed by atoms with Crippen LogP contribution in [-0.4, -0.2) is 62.6 Å². The van der Waals surface area contributed by atoms with Gasteiger partial charge in [-0.15, -0.1) is 0 Å². The molecule has 1 aliphatic heterocycles. The first-order valence-electron chi connectivity index (χ1n) is 7.47.